The Labute approximate surface area is 47.4 Å². The van der Waals surface area contributed by atoms with Crippen molar-refractivity contribution in [1.29, 1.82) is 0 Å². The van der Waals surface area contributed by atoms with Gasteiger partial charge in [0.25, 0.3) is 0 Å². The summed E-state index contributed by atoms with van der Waals surface area (Å²) >= 11 is 0. The molecule has 0 bridgehead atoms. The predicted molar refractivity (Wildman–Crippen MR) is 30.4 cm³/mol. The van der Waals surface area contributed by atoms with E-state index in [1.807, 2.05) is 0 Å². The van der Waals surface area contributed by atoms with Crippen molar-refractivity contribution in [2.24, 2.45) is 10.3 Å². The van der Waals surface area contributed by atoms with E-state index in [1.54, 1.807) is 6.21 Å². The molecule has 0 spiro atoms. The monoisotopic (exact) mass is 116 g/mol. The molecule has 1 aliphatic heterocycles. The molecule has 8 heavy (non-hydrogen) atoms. The average molecular weight is 116 g/mol. The van der Waals surface area contributed by atoms with Gasteiger partial charge in [-0.3, -0.25) is 0 Å². The Kier molecular flexibility index (Phi) is 5.15. The second kappa shape index (κ2) is 5.94. The third kappa shape index (κ3) is 4.94. The lowest BCUT2D eigenvalue weighted by atomic mass is 10.5. The van der Waals surface area contributed by atoms with E-state index in [0.717, 1.165) is 13.0 Å². The summed E-state index contributed by atoms with van der Waals surface area (Å²) in [5.41, 5.74) is 0. The molecule has 4 heteroatoms. The zero-order valence-corrected chi connectivity index (χ0v) is 4.45. The van der Waals surface area contributed by atoms with Gasteiger partial charge in [0.1, 0.15) is 6.61 Å². The van der Waals surface area contributed by atoms with Gasteiger partial charge in [0.2, 0.25) is 0 Å². The lowest BCUT2D eigenvalue weighted by Gasteiger charge is -1.76. The Morgan fingerprint density at radius 1 is 1.88 bits per heavy atom. The summed E-state index contributed by atoms with van der Waals surface area (Å²) in [5.74, 6) is 0. The molecule has 0 amide bonds. The molecule has 0 unspecified atom stereocenters. The van der Waals surface area contributed by atoms with Crippen molar-refractivity contribution < 1.29 is 10.0 Å². The summed E-state index contributed by atoms with van der Waals surface area (Å²) in [4.78, 5) is 4.51. The van der Waals surface area contributed by atoms with Crippen LogP contribution in [-0.2, 0) is 4.84 Å². The van der Waals surface area contributed by atoms with Gasteiger partial charge in [-0.15, -0.1) is 5.16 Å². The molecule has 0 saturated carbocycles. The molecule has 1 rings (SSSR count). The number of oxime groups is 2. The van der Waals surface area contributed by atoms with Crippen molar-refractivity contribution in [1.82, 2.24) is 0 Å². The minimum atomic E-state index is 0.778. The fourth-order valence-electron chi connectivity index (χ4n) is 0.264. The van der Waals surface area contributed by atoms with Crippen molar-refractivity contribution in [2.45, 2.75) is 6.42 Å². The molecule has 0 aliphatic carbocycles. The quantitative estimate of drug-likeness (QED) is 0.284. The second-order valence-corrected chi connectivity index (χ2v) is 1.05. The van der Waals surface area contributed by atoms with Crippen molar-refractivity contribution in [2.75, 3.05) is 6.61 Å². The van der Waals surface area contributed by atoms with Crippen LogP contribution in [0.5, 0.6) is 0 Å². The number of hydrogen-bond acceptors (Lipinski definition) is 4. The minimum Gasteiger partial charge on any atom is -0.411 e. The van der Waals surface area contributed by atoms with Gasteiger partial charge in [-0.1, -0.05) is 5.16 Å². The number of hydrogen-bond donors (Lipinski definition) is 1. The van der Waals surface area contributed by atoms with E-state index in [-0.39, 0.29) is 0 Å². The Bertz CT molecular complexity index is 76.1. The minimum absolute atomic E-state index is 0.778. The predicted octanol–water partition coefficient (Wildman–Crippen LogP) is 0.469. The summed E-state index contributed by atoms with van der Waals surface area (Å²) in [6, 6.07) is 0. The highest BCUT2D eigenvalue weighted by Crippen LogP contribution is 1.86. The highest BCUT2D eigenvalue weighted by molar-refractivity contribution is 5.57. The van der Waals surface area contributed by atoms with E-state index in [4.69, 9.17) is 5.21 Å². The van der Waals surface area contributed by atoms with Crippen molar-refractivity contribution in [3.63, 3.8) is 0 Å². The molecule has 0 fully saturated rings. The Hall–Kier alpha value is -1.06. The molecule has 0 radical (unpaired) electrons. The van der Waals surface area contributed by atoms with Crippen LogP contribution in [0.3, 0.4) is 0 Å². The van der Waals surface area contributed by atoms with E-state index in [0.29, 0.717) is 0 Å². The van der Waals surface area contributed by atoms with Crippen LogP contribution in [-0.4, -0.2) is 24.7 Å². The molecule has 1 N–H and O–H groups in total. The van der Waals surface area contributed by atoms with Crippen LogP contribution in [0.1, 0.15) is 6.42 Å². The zero-order chi connectivity index (χ0) is 6.24. The molecule has 4 nitrogen and oxygen atoms in total. The third-order valence-corrected chi connectivity index (χ3v) is 0.487. The smallest absolute Gasteiger partial charge is 0.122 e. The van der Waals surface area contributed by atoms with E-state index < -0.39 is 0 Å². The first-order chi connectivity index (χ1) is 3.91. The molecule has 1 aliphatic rings. The van der Waals surface area contributed by atoms with Gasteiger partial charge in [-0.2, -0.15) is 0 Å². The summed E-state index contributed by atoms with van der Waals surface area (Å²) < 4.78 is 0. The molecule has 0 atom stereocenters. The molecular weight excluding hydrogens is 108 g/mol. The van der Waals surface area contributed by atoms with Gasteiger partial charge in [-0.25, -0.2) is 0 Å². The normalized spacial score (nSPS) is 13.5. The first-order valence-electron chi connectivity index (χ1n) is 2.15. The largest absolute Gasteiger partial charge is 0.411 e. The van der Waals surface area contributed by atoms with Gasteiger partial charge < -0.3 is 10.0 Å². The summed E-state index contributed by atoms with van der Waals surface area (Å²) in [5, 5.41) is 12.8. The first-order valence-corrected chi connectivity index (χ1v) is 2.15. The maximum Gasteiger partial charge on any atom is 0.122 e. The van der Waals surface area contributed by atoms with Gasteiger partial charge >= 0.3 is 0 Å². The summed E-state index contributed by atoms with van der Waals surface area (Å²) in [6.07, 6.45) is 2.75. The average Bonchev–Trinajstić information content (AvgIpc) is 2.17. The van der Waals surface area contributed by atoms with Crippen LogP contribution in [0.25, 0.3) is 0 Å². The van der Waals surface area contributed by atoms with Crippen LogP contribution < -0.4 is 0 Å². The summed E-state index contributed by atoms with van der Waals surface area (Å²) in [6.45, 7) is 3.44. The fourth-order valence-corrected chi connectivity index (χ4v) is 0.264. The fraction of sp³-hybridized carbons (Fsp3) is 0.500. The SMILES string of the molecule is C1=NOCC1.C=NO. The second-order valence-electron chi connectivity index (χ2n) is 1.05. The van der Waals surface area contributed by atoms with Crippen LogP contribution in [0.2, 0.25) is 0 Å². The van der Waals surface area contributed by atoms with Crippen LogP contribution in [0, 0.1) is 0 Å². The maximum atomic E-state index is 7.08. The molecule has 0 aromatic carbocycles. The lowest BCUT2D eigenvalue weighted by Crippen LogP contribution is -1.72. The van der Waals surface area contributed by atoms with E-state index in [1.165, 1.54) is 0 Å². The van der Waals surface area contributed by atoms with Crippen LogP contribution in [0.15, 0.2) is 10.3 Å². The van der Waals surface area contributed by atoms with Crippen molar-refractivity contribution >= 4 is 12.9 Å². The molecule has 1 heterocycles. The van der Waals surface area contributed by atoms with E-state index in [2.05, 4.69) is 21.9 Å². The third-order valence-electron chi connectivity index (χ3n) is 0.487. The number of nitrogens with zero attached hydrogens (tertiary/aromatic N) is 2. The Morgan fingerprint density at radius 2 is 2.50 bits per heavy atom. The summed E-state index contributed by atoms with van der Waals surface area (Å²) in [7, 11) is 0. The number of rotatable bonds is 0. The topological polar surface area (TPSA) is 54.2 Å². The van der Waals surface area contributed by atoms with Crippen molar-refractivity contribution in [3.8, 4) is 0 Å². The molecule has 0 saturated heterocycles. The Morgan fingerprint density at radius 3 is 2.62 bits per heavy atom. The standard InChI is InChI=1S/C3H5NO.CH3NO/c1-2-4-5-3-1;1-2-3/h2H,1,3H2;3H,1H2. The van der Waals surface area contributed by atoms with Gasteiger partial charge in [0.05, 0.1) is 0 Å². The van der Waals surface area contributed by atoms with Crippen LogP contribution >= 0.6 is 0 Å². The maximum absolute atomic E-state index is 7.08. The van der Waals surface area contributed by atoms with Gasteiger partial charge in [0, 0.05) is 19.4 Å². The van der Waals surface area contributed by atoms with Gasteiger partial charge in [0.15, 0.2) is 0 Å². The Balaban J connectivity index is 0.000000145. The molecule has 46 valence electrons. The lowest BCUT2D eigenvalue weighted by molar-refractivity contribution is 0.174. The van der Waals surface area contributed by atoms with E-state index in [9.17, 15) is 0 Å². The highest BCUT2D eigenvalue weighted by atomic mass is 16.6. The van der Waals surface area contributed by atoms with E-state index >= 15 is 0 Å². The highest BCUT2D eigenvalue weighted by Gasteiger charge is 1.86. The zero-order valence-electron chi connectivity index (χ0n) is 4.45. The molecule has 0 aromatic rings. The first kappa shape index (κ1) is 6.94. The van der Waals surface area contributed by atoms with Gasteiger partial charge in [-0.05, 0) is 0 Å². The molecule has 0 aromatic heterocycles. The van der Waals surface area contributed by atoms with Crippen molar-refractivity contribution in [3.05, 3.63) is 0 Å². The molecular formula is C4H8N2O2. The van der Waals surface area contributed by atoms with Crippen LogP contribution in [0.4, 0.5) is 0 Å².